The molecule has 0 spiro atoms. The van der Waals surface area contributed by atoms with E-state index in [9.17, 15) is 8.42 Å². The molecule has 1 unspecified atom stereocenters. The molecule has 0 rings (SSSR count). The molecule has 0 aliphatic rings. The Morgan fingerprint density at radius 1 is 1.60 bits per heavy atom. The van der Waals surface area contributed by atoms with E-state index in [4.69, 9.17) is 11.6 Å². The molecule has 0 N–H and O–H groups in total. The molecule has 1 atom stereocenters. The quantitative estimate of drug-likeness (QED) is 0.587. The lowest BCUT2D eigenvalue weighted by atomic mass is 10.8. The van der Waals surface area contributed by atoms with Crippen molar-refractivity contribution in [3.05, 3.63) is 0 Å². The Morgan fingerprint density at radius 3 is 2.40 bits per heavy atom. The number of alkyl halides is 1. The molecular formula is C5H11ClNO2S. The van der Waals surface area contributed by atoms with Gasteiger partial charge in [0, 0.05) is 12.9 Å². The number of halogens is 1. The molecule has 3 nitrogen and oxygen atoms in total. The minimum Gasteiger partial charge on any atom is -0.227 e. The number of hydrogen-bond acceptors (Lipinski definition) is 2. The third-order valence-corrected chi connectivity index (χ3v) is 3.68. The maximum Gasteiger partial charge on any atom is 0.168 e. The fraction of sp³-hybridized carbons (Fsp3) is 1.00. The van der Waals surface area contributed by atoms with Crippen molar-refractivity contribution in [3.63, 3.8) is 0 Å². The van der Waals surface area contributed by atoms with Gasteiger partial charge in [0.2, 0.25) is 0 Å². The van der Waals surface area contributed by atoms with E-state index in [0.29, 0.717) is 0 Å². The van der Waals surface area contributed by atoms with Gasteiger partial charge in [-0.05, 0) is 6.92 Å². The first-order valence-electron chi connectivity index (χ1n) is 2.91. The summed E-state index contributed by atoms with van der Waals surface area (Å²) in [5.41, 5.74) is 0. The van der Waals surface area contributed by atoms with E-state index in [1.165, 1.54) is 7.05 Å². The van der Waals surface area contributed by atoms with Crippen LogP contribution < -0.4 is 5.32 Å². The highest BCUT2D eigenvalue weighted by Gasteiger charge is 2.18. The summed E-state index contributed by atoms with van der Waals surface area (Å²) in [6.45, 7) is 1.54. The molecule has 0 aromatic heterocycles. The van der Waals surface area contributed by atoms with Crippen molar-refractivity contribution >= 4 is 21.4 Å². The van der Waals surface area contributed by atoms with Crippen LogP contribution in [0.5, 0.6) is 0 Å². The first kappa shape index (κ1) is 10.2. The monoisotopic (exact) mass is 184 g/mol. The number of sulfone groups is 1. The predicted octanol–water partition coefficient (Wildman–Crippen LogP) is 0.220. The van der Waals surface area contributed by atoms with Crippen LogP contribution in [0, 0.1) is 0 Å². The Balaban J connectivity index is 4.12. The summed E-state index contributed by atoms with van der Waals surface area (Å²) >= 11 is 5.27. The van der Waals surface area contributed by atoms with Gasteiger partial charge in [0.05, 0.1) is 5.75 Å². The smallest absolute Gasteiger partial charge is 0.168 e. The number of nitrogens with zero attached hydrogens (tertiary/aromatic N) is 1. The minimum absolute atomic E-state index is 0.00701. The van der Waals surface area contributed by atoms with Crippen LogP contribution in [0.25, 0.3) is 0 Å². The molecule has 0 saturated heterocycles. The van der Waals surface area contributed by atoms with Crippen LogP contribution in [0.3, 0.4) is 0 Å². The summed E-state index contributed by atoms with van der Waals surface area (Å²) in [4.78, 5) is 0. The van der Waals surface area contributed by atoms with Crippen molar-refractivity contribution in [3.8, 4) is 0 Å². The summed E-state index contributed by atoms with van der Waals surface area (Å²) in [7, 11) is -1.58. The van der Waals surface area contributed by atoms with Crippen LogP contribution in [0.15, 0.2) is 0 Å². The molecular weight excluding hydrogens is 174 g/mol. The van der Waals surface area contributed by atoms with Gasteiger partial charge in [-0.25, -0.2) is 13.7 Å². The highest BCUT2D eigenvalue weighted by Crippen LogP contribution is 1.99. The van der Waals surface area contributed by atoms with E-state index in [2.05, 4.69) is 5.32 Å². The van der Waals surface area contributed by atoms with Crippen molar-refractivity contribution in [2.24, 2.45) is 0 Å². The first-order valence-corrected chi connectivity index (χ1v) is 5.16. The maximum absolute atomic E-state index is 11.0. The molecule has 10 heavy (non-hydrogen) atoms. The molecule has 0 aliphatic heterocycles. The van der Waals surface area contributed by atoms with Gasteiger partial charge >= 0.3 is 0 Å². The molecule has 0 aromatic carbocycles. The maximum atomic E-state index is 11.0. The van der Waals surface area contributed by atoms with Crippen LogP contribution in [-0.2, 0) is 9.84 Å². The van der Waals surface area contributed by atoms with E-state index in [-0.39, 0.29) is 11.6 Å². The van der Waals surface area contributed by atoms with Gasteiger partial charge < -0.3 is 0 Å². The highest BCUT2D eigenvalue weighted by atomic mass is 35.5. The SMILES string of the molecule is C[N]C(C)S(=O)(=O)CCCl. The Bertz CT molecular complexity index is 178. The van der Waals surface area contributed by atoms with Gasteiger partial charge in [0.1, 0.15) is 5.37 Å². The van der Waals surface area contributed by atoms with Crippen LogP contribution in [-0.4, -0.2) is 32.5 Å². The van der Waals surface area contributed by atoms with Gasteiger partial charge in [0.25, 0.3) is 0 Å². The molecule has 0 aliphatic carbocycles. The van der Waals surface area contributed by atoms with Gasteiger partial charge in [-0.2, -0.15) is 0 Å². The molecule has 0 fully saturated rings. The lowest BCUT2D eigenvalue weighted by molar-refractivity contribution is 0.572. The van der Waals surface area contributed by atoms with Crippen molar-refractivity contribution in [2.75, 3.05) is 18.7 Å². The fourth-order valence-corrected chi connectivity index (χ4v) is 1.96. The van der Waals surface area contributed by atoms with Crippen molar-refractivity contribution in [2.45, 2.75) is 12.3 Å². The minimum atomic E-state index is -3.06. The topological polar surface area (TPSA) is 48.2 Å². The Morgan fingerprint density at radius 2 is 2.10 bits per heavy atom. The van der Waals surface area contributed by atoms with Crippen molar-refractivity contribution < 1.29 is 8.42 Å². The Hall–Kier alpha value is 0.200. The van der Waals surface area contributed by atoms with Crippen LogP contribution in [0.4, 0.5) is 0 Å². The number of rotatable bonds is 4. The zero-order valence-corrected chi connectivity index (χ0v) is 7.61. The Kier molecular flexibility index (Phi) is 4.24. The van der Waals surface area contributed by atoms with E-state index in [0.717, 1.165) is 0 Å². The second-order valence-corrected chi connectivity index (χ2v) is 4.71. The zero-order valence-electron chi connectivity index (χ0n) is 6.04. The van der Waals surface area contributed by atoms with E-state index < -0.39 is 15.2 Å². The van der Waals surface area contributed by atoms with Gasteiger partial charge in [-0.15, -0.1) is 11.6 Å². The lowest BCUT2D eigenvalue weighted by Gasteiger charge is -2.07. The molecule has 0 aromatic rings. The second-order valence-electron chi connectivity index (χ2n) is 1.91. The molecule has 5 heteroatoms. The third kappa shape index (κ3) is 2.86. The largest absolute Gasteiger partial charge is 0.227 e. The predicted molar refractivity (Wildman–Crippen MR) is 42.0 cm³/mol. The number of hydrogen-bond donors (Lipinski definition) is 0. The third-order valence-electron chi connectivity index (χ3n) is 1.24. The summed E-state index contributed by atoms with van der Waals surface area (Å²) < 4.78 is 22.0. The van der Waals surface area contributed by atoms with E-state index >= 15 is 0 Å². The molecule has 0 bridgehead atoms. The van der Waals surface area contributed by atoms with Crippen LogP contribution in [0.2, 0.25) is 0 Å². The Labute approximate surface area is 66.7 Å². The summed E-state index contributed by atoms with van der Waals surface area (Å²) in [6.07, 6.45) is 0. The standard InChI is InChI=1S/C5H11ClNO2S/c1-5(7-2)10(8,9)4-3-6/h5H,3-4H2,1-2H3. The van der Waals surface area contributed by atoms with Crippen molar-refractivity contribution in [1.29, 1.82) is 0 Å². The van der Waals surface area contributed by atoms with E-state index in [1.807, 2.05) is 0 Å². The van der Waals surface area contributed by atoms with Crippen LogP contribution in [0.1, 0.15) is 6.92 Å². The molecule has 1 radical (unpaired) electrons. The fourth-order valence-electron chi connectivity index (χ4n) is 0.439. The van der Waals surface area contributed by atoms with E-state index in [1.54, 1.807) is 6.92 Å². The van der Waals surface area contributed by atoms with Gasteiger partial charge in [0.15, 0.2) is 9.84 Å². The zero-order chi connectivity index (χ0) is 8.20. The van der Waals surface area contributed by atoms with Crippen LogP contribution >= 0.6 is 11.6 Å². The first-order chi connectivity index (χ1) is 4.54. The molecule has 0 saturated carbocycles. The second kappa shape index (κ2) is 4.16. The average molecular weight is 185 g/mol. The highest BCUT2D eigenvalue weighted by molar-refractivity contribution is 7.92. The summed E-state index contributed by atoms with van der Waals surface area (Å²) in [6, 6.07) is 0. The van der Waals surface area contributed by atoms with Gasteiger partial charge in [-0.3, -0.25) is 0 Å². The van der Waals surface area contributed by atoms with Crippen molar-refractivity contribution in [1.82, 2.24) is 5.32 Å². The molecule has 0 amide bonds. The molecule has 61 valence electrons. The van der Waals surface area contributed by atoms with Gasteiger partial charge in [-0.1, -0.05) is 0 Å². The normalized spacial score (nSPS) is 15.1. The summed E-state index contributed by atoms with van der Waals surface area (Å²) in [5, 5.41) is 3.01. The summed E-state index contributed by atoms with van der Waals surface area (Å²) in [5.74, 6) is 0.148. The average Bonchev–Trinajstić information content (AvgIpc) is 1.86. The molecule has 0 heterocycles. The lowest BCUT2D eigenvalue weighted by Crippen LogP contribution is -2.28.